The third-order valence-electron chi connectivity index (χ3n) is 3.14. The van der Waals surface area contributed by atoms with E-state index in [-0.39, 0.29) is 5.91 Å². The SMILES string of the molecule is CC(CSCC(=O)NC1CC1)(NC1CC1)C(=O)O. The van der Waals surface area contributed by atoms with Gasteiger partial charge in [-0.25, -0.2) is 0 Å². The van der Waals surface area contributed by atoms with Gasteiger partial charge in [-0.05, 0) is 32.6 Å². The van der Waals surface area contributed by atoms with Gasteiger partial charge >= 0.3 is 5.97 Å². The van der Waals surface area contributed by atoms with Gasteiger partial charge in [0, 0.05) is 17.8 Å². The van der Waals surface area contributed by atoms with Crippen molar-refractivity contribution in [2.45, 2.75) is 50.2 Å². The van der Waals surface area contributed by atoms with Crippen LogP contribution in [0.4, 0.5) is 0 Å². The molecule has 2 saturated carbocycles. The van der Waals surface area contributed by atoms with Crippen molar-refractivity contribution in [3.63, 3.8) is 0 Å². The zero-order valence-electron chi connectivity index (χ0n) is 10.6. The van der Waals surface area contributed by atoms with Crippen LogP contribution in [0.25, 0.3) is 0 Å². The van der Waals surface area contributed by atoms with Gasteiger partial charge in [-0.15, -0.1) is 11.8 Å². The summed E-state index contributed by atoms with van der Waals surface area (Å²) in [6, 6.07) is 0.709. The van der Waals surface area contributed by atoms with Crippen molar-refractivity contribution in [1.29, 1.82) is 0 Å². The highest BCUT2D eigenvalue weighted by Crippen LogP contribution is 2.25. The van der Waals surface area contributed by atoms with E-state index in [1.165, 1.54) is 11.8 Å². The molecule has 1 amide bonds. The van der Waals surface area contributed by atoms with Gasteiger partial charge in [0.25, 0.3) is 0 Å². The van der Waals surface area contributed by atoms with Crippen molar-refractivity contribution >= 4 is 23.6 Å². The first kappa shape index (κ1) is 13.7. The highest BCUT2D eigenvalue weighted by molar-refractivity contribution is 8.00. The maximum absolute atomic E-state index is 11.5. The average molecular weight is 272 g/mol. The van der Waals surface area contributed by atoms with Crippen LogP contribution in [0.3, 0.4) is 0 Å². The van der Waals surface area contributed by atoms with Gasteiger partial charge in [0.05, 0.1) is 5.75 Å². The number of carboxylic acid groups (broad SMARTS) is 1. The van der Waals surface area contributed by atoms with Gasteiger partial charge in [0.1, 0.15) is 5.54 Å². The summed E-state index contributed by atoms with van der Waals surface area (Å²) in [5.74, 6) is -0.0750. The minimum absolute atomic E-state index is 0.0154. The lowest BCUT2D eigenvalue weighted by molar-refractivity contribution is -0.143. The van der Waals surface area contributed by atoms with Crippen molar-refractivity contribution in [3.8, 4) is 0 Å². The maximum atomic E-state index is 11.5. The Morgan fingerprint density at radius 1 is 1.28 bits per heavy atom. The molecule has 1 unspecified atom stereocenters. The molecule has 2 fully saturated rings. The summed E-state index contributed by atoms with van der Waals surface area (Å²) in [6.45, 7) is 1.69. The quantitative estimate of drug-likeness (QED) is 0.603. The zero-order valence-corrected chi connectivity index (χ0v) is 11.4. The fourth-order valence-electron chi connectivity index (χ4n) is 1.69. The molecule has 1 atom stereocenters. The summed E-state index contributed by atoms with van der Waals surface area (Å²) in [6.07, 6.45) is 4.25. The minimum atomic E-state index is -0.925. The molecule has 0 heterocycles. The number of aliphatic carboxylic acids is 1. The lowest BCUT2D eigenvalue weighted by Crippen LogP contribution is -2.52. The molecule has 2 aliphatic rings. The summed E-state index contributed by atoms with van der Waals surface area (Å²) in [4.78, 5) is 22.8. The number of rotatable bonds is 8. The second kappa shape index (κ2) is 5.48. The topological polar surface area (TPSA) is 78.4 Å². The Morgan fingerprint density at radius 3 is 2.39 bits per heavy atom. The number of hydrogen-bond donors (Lipinski definition) is 3. The highest BCUT2D eigenvalue weighted by atomic mass is 32.2. The number of thioether (sulfide) groups is 1. The predicted octanol–water partition coefficient (Wildman–Crippen LogP) is 0.593. The Kier molecular flexibility index (Phi) is 4.17. The van der Waals surface area contributed by atoms with Crippen molar-refractivity contribution in [2.24, 2.45) is 0 Å². The summed E-state index contributed by atoms with van der Waals surface area (Å²) in [5.41, 5.74) is -0.925. The predicted molar refractivity (Wildman–Crippen MR) is 70.7 cm³/mol. The third kappa shape index (κ3) is 4.17. The smallest absolute Gasteiger partial charge is 0.324 e. The van der Waals surface area contributed by atoms with E-state index in [0.29, 0.717) is 23.6 Å². The lowest BCUT2D eigenvalue weighted by Gasteiger charge is -2.25. The number of nitrogens with one attached hydrogen (secondary N) is 2. The average Bonchev–Trinajstić information content (AvgIpc) is 3.14. The summed E-state index contributed by atoms with van der Waals surface area (Å²) in [5, 5.41) is 15.3. The Labute approximate surface area is 111 Å². The Hall–Kier alpha value is -0.750. The van der Waals surface area contributed by atoms with Crippen molar-refractivity contribution < 1.29 is 14.7 Å². The van der Waals surface area contributed by atoms with Crippen LogP contribution in [-0.2, 0) is 9.59 Å². The molecule has 2 aliphatic carbocycles. The van der Waals surface area contributed by atoms with E-state index in [1.807, 2.05) is 0 Å². The molecule has 0 radical (unpaired) electrons. The fourth-order valence-corrected chi connectivity index (χ4v) is 2.67. The summed E-state index contributed by atoms with van der Waals surface area (Å²) in [7, 11) is 0. The van der Waals surface area contributed by atoms with Crippen molar-refractivity contribution in [1.82, 2.24) is 10.6 Å². The first-order valence-electron chi connectivity index (χ1n) is 6.38. The van der Waals surface area contributed by atoms with Gasteiger partial charge in [-0.3, -0.25) is 14.9 Å². The lowest BCUT2D eigenvalue weighted by atomic mass is 10.1. The molecule has 102 valence electrons. The molecular formula is C12H20N2O3S. The van der Waals surface area contributed by atoms with E-state index in [4.69, 9.17) is 0 Å². The number of carboxylic acids is 1. The Bertz CT molecular complexity index is 342. The molecule has 5 nitrogen and oxygen atoms in total. The monoisotopic (exact) mass is 272 g/mol. The van der Waals surface area contributed by atoms with Gasteiger partial charge < -0.3 is 10.4 Å². The van der Waals surface area contributed by atoms with Crippen LogP contribution < -0.4 is 10.6 Å². The van der Waals surface area contributed by atoms with Crippen LogP contribution in [0, 0.1) is 0 Å². The number of amides is 1. The fraction of sp³-hybridized carbons (Fsp3) is 0.833. The van der Waals surface area contributed by atoms with Crippen molar-refractivity contribution in [2.75, 3.05) is 11.5 Å². The van der Waals surface area contributed by atoms with E-state index in [1.54, 1.807) is 6.92 Å². The van der Waals surface area contributed by atoms with Gasteiger partial charge in [-0.2, -0.15) is 0 Å². The first-order valence-corrected chi connectivity index (χ1v) is 7.53. The van der Waals surface area contributed by atoms with Crippen LogP contribution in [0.2, 0.25) is 0 Å². The number of carbonyl (C=O) groups is 2. The van der Waals surface area contributed by atoms with Gasteiger partial charge in [0.2, 0.25) is 5.91 Å². The summed E-state index contributed by atoms with van der Waals surface area (Å²) < 4.78 is 0. The van der Waals surface area contributed by atoms with E-state index >= 15 is 0 Å². The zero-order chi connectivity index (χ0) is 13.2. The Balaban J connectivity index is 1.70. The molecule has 0 bridgehead atoms. The van der Waals surface area contributed by atoms with Crippen LogP contribution in [0.15, 0.2) is 0 Å². The molecule has 6 heteroatoms. The van der Waals surface area contributed by atoms with Gasteiger partial charge in [0.15, 0.2) is 0 Å². The van der Waals surface area contributed by atoms with Crippen LogP contribution in [0.5, 0.6) is 0 Å². The molecule has 0 aliphatic heterocycles. The third-order valence-corrected chi connectivity index (χ3v) is 4.39. The molecule has 0 aromatic carbocycles. The molecule has 3 N–H and O–H groups in total. The van der Waals surface area contributed by atoms with E-state index in [0.717, 1.165) is 25.7 Å². The molecule has 0 spiro atoms. The van der Waals surface area contributed by atoms with Crippen LogP contribution in [0.1, 0.15) is 32.6 Å². The second-order valence-electron chi connectivity index (χ2n) is 5.39. The second-order valence-corrected chi connectivity index (χ2v) is 6.38. The molecule has 0 aromatic heterocycles. The largest absolute Gasteiger partial charge is 0.480 e. The van der Waals surface area contributed by atoms with E-state index in [2.05, 4.69) is 10.6 Å². The standard InChI is InChI=1S/C12H20N2O3S/c1-12(11(16)17,14-9-4-5-9)7-18-6-10(15)13-8-2-3-8/h8-9,14H,2-7H2,1H3,(H,13,15)(H,16,17). The highest BCUT2D eigenvalue weighted by Gasteiger charge is 2.38. The molecule has 0 aromatic rings. The normalized spacial score (nSPS) is 22.3. The van der Waals surface area contributed by atoms with E-state index in [9.17, 15) is 14.7 Å². The Morgan fingerprint density at radius 2 is 1.89 bits per heavy atom. The maximum Gasteiger partial charge on any atom is 0.324 e. The summed E-state index contributed by atoms with van der Waals surface area (Å²) >= 11 is 1.38. The molecule has 0 saturated heterocycles. The minimum Gasteiger partial charge on any atom is -0.480 e. The molecular weight excluding hydrogens is 252 g/mol. The molecule has 18 heavy (non-hydrogen) atoms. The van der Waals surface area contributed by atoms with Gasteiger partial charge in [-0.1, -0.05) is 0 Å². The van der Waals surface area contributed by atoms with Crippen molar-refractivity contribution in [3.05, 3.63) is 0 Å². The van der Waals surface area contributed by atoms with Crippen LogP contribution in [-0.4, -0.2) is 46.1 Å². The molecule has 2 rings (SSSR count). The first-order chi connectivity index (χ1) is 8.49. The number of hydrogen-bond acceptors (Lipinski definition) is 4. The van der Waals surface area contributed by atoms with E-state index < -0.39 is 11.5 Å². The number of carbonyl (C=O) groups excluding carboxylic acids is 1. The van der Waals surface area contributed by atoms with Crippen LogP contribution >= 0.6 is 11.8 Å².